The Labute approximate surface area is 179 Å². The van der Waals surface area contributed by atoms with Crippen molar-refractivity contribution in [3.05, 3.63) is 58.0 Å². The zero-order chi connectivity index (χ0) is 21.8. The second kappa shape index (κ2) is 9.04. The summed E-state index contributed by atoms with van der Waals surface area (Å²) in [6.07, 6.45) is 1.58. The van der Waals surface area contributed by atoms with Crippen molar-refractivity contribution >= 4 is 40.6 Å². The topological polar surface area (TPSA) is 84.9 Å². The predicted octanol–water partition coefficient (Wildman–Crippen LogP) is 4.00. The zero-order valence-electron chi connectivity index (χ0n) is 17.1. The highest BCUT2D eigenvalue weighted by molar-refractivity contribution is 8.18. The molecule has 156 valence electrons. The van der Waals surface area contributed by atoms with Crippen LogP contribution in [0.3, 0.4) is 0 Å². The van der Waals surface area contributed by atoms with Crippen LogP contribution >= 0.6 is 11.8 Å². The maximum Gasteiger partial charge on any atom is 0.294 e. The monoisotopic (exact) mass is 426 g/mol. The molecule has 0 radical (unpaired) electrons. The van der Waals surface area contributed by atoms with Crippen molar-refractivity contribution in [1.29, 1.82) is 0 Å². The summed E-state index contributed by atoms with van der Waals surface area (Å²) in [5.74, 6) is 0.179. The van der Waals surface area contributed by atoms with Crippen LogP contribution < -0.4 is 14.8 Å². The Hall–Kier alpha value is -3.26. The van der Waals surface area contributed by atoms with Crippen LogP contribution in [-0.2, 0) is 9.59 Å². The molecule has 1 N–H and O–H groups in total. The highest BCUT2D eigenvalue weighted by atomic mass is 32.2. The van der Waals surface area contributed by atoms with Crippen LogP contribution in [0.25, 0.3) is 6.08 Å². The quantitative estimate of drug-likeness (QED) is 0.703. The third kappa shape index (κ3) is 4.83. The van der Waals surface area contributed by atoms with E-state index in [0.29, 0.717) is 22.7 Å². The highest BCUT2D eigenvalue weighted by Crippen LogP contribution is 2.33. The lowest BCUT2D eigenvalue weighted by atomic mass is 10.1. The Bertz CT molecular complexity index is 1030. The van der Waals surface area contributed by atoms with E-state index in [1.54, 1.807) is 24.3 Å². The summed E-state index contributed by atoms with van der Waals surface area (Å²) in [4.78, 5) is 38.7. The zero-order valence-corrected chi connectivity index (χ0v) is 18.0. The van der Waals surface area contributed by atoms with Gasteiger partial charge in [0.2, 0.25) is 5.91 Å². The first kappa shape index (κ1) is 21.4. The number of hydrogen-bond acceptors (Lipinski definition) is 6. The summed E-state index contributed by atoms with van der Waals surface area (Å²) in [6.45, 7) is 3.45. The molecule has 0 aliphatic carbocycles. The third-order valence-corrected chi connectivity index (χ3v) is 5.42. The van der Waals surface area contributed by atoms with E-state index in [2.05, 4.69) is 5.32 Å². The summed E-state index contributed by atoms with van der Waals surface area (Å²) in [6, 6.07) is 10.8. The average molecular weight is 426 g/mol. The molecule has 0 atom stereocenters. The Morgan fingerprint density at radius 3 is 2.37 bits per heavy atom. The van der Waals surface area contributed by atoms with Crippen LogP contribution in [0.1, 0.15) is 16.7 Å². The smallest absolute Gasteiger partial charge is 0.294 e. The Kier molecular flexibility index (Phi) is 6.47. The number of carbonyl (C=O) groups excluding carboxylic acids is 3. The number of amides is 3. The van der Waals surface area contributed by atoms with Crippen molar-refractivity contribution in [1.82, 2.24) is 4.90 Å². The molecule has 30 heavy (non-hydrogen) atoms. The molecule has 0 unspecified atom stereocenters. The van der Waals surface area contributed by atoms with Gasteiger partial charge in [-0.05, 0) is 66.6 Å². The number of nitrogens with one attached hydrogen (secondary N) is 1. The van der Waals surface area contributed by atoms with Gasteiger partial charge in [-0.15, -0.1) is 0 Å². The second-order valence-electron chi connectivity index (χ2n) is 6.78. The number of ether oxygens (including phenoxy) is 2. The van der Waals surface area contributed by atoms with E-state index in [4.69, 9.17) is 9.47 Å². The molecule has 1 saturated heterocycles. The van der Waals surface area contributed by atoms with Crippen molar-refractivity contribution in [3.8, 4) is 11.5 Å². The van der Waals surface area contributed by atoms with Gasteiger partial charge in [0.25, 0.3) is 11.1 Å². The van der Waals surface area contributed by atoms with Crippen molar-refractivity contribution in [2.45, 2.75) is 13.8 Å². The maximum absolute atomic E-state index is 12.7. The highest BCUT2D eigenvalue weighted by Gasteiger charge is 2.36. The first-order valence-corrected chi connectivity index (χ1v) is 9.98. The van der Waals surface area contributed by atoms with Crippen LogP contribution in [-0.4, -0.2) is 42.7 Å². The number of anilines is 1. The molecule has 0 spiro atoms. The van der Waals surface area contributed by atoms with Gasteiger partial charge in [0, 0.05) is 11.8 Å². The molecule has 0 saturated carbocycles. The molecule has 8 heteroatoms. The van der Waals surface area contributed by atoms with Crippen molar-refractivity contribution < 1.29 is 23.9 Å². The molecule has 1 fully saturated rings. The van der Waals surface area contributed by atoms with Crippen LogP contribution in [0.2, 0.25) is 0 Å². The SMILES string of the molecule is COc1cc(/C=C2/SC(=O)N(CC(=O)Nc3cc(C)ccc3C)C2=O)cc(OC)c1. The van der Waals surface area contributed by atoms with E-state index in [-0.39, 0.29) is 11.4 Å². The van der Waals surface area contributed by atoms with Crippen LogP contribution in [0.15, 0.2) is 41.3 Å². The van der Waals surface area contributed by atoms with E-state index >= 15 is 0 Å². The van der Waals surface area contributed by atoms with Gasteiger partial charge >= 0.3 is 0 Å². The first-order chi connectivity index (χ1) is 14.3. The molecular formula is C22H22N2O5S. The largest absolute Gasteiger partial charge is 0.497 e. The summed E-state index contributed by atoms with van der Waals surface area (Å²) in [5, 5.41) is 2.28. The molecule has 0 bridgehead atoms. The lowest BCUT2D eigenvalue weighted by molar-refractivity contribution is -0.127. The number of thioether (sulfide) groups is 1. The summed E-state index contributed by atoms with van der Waals surface area (Å²) in [5.41, 5.74) is 3.20. The Morgan fingerprint density at radius 1 is 1.07 bits per heavy atom. The summed E-state index contributed by atoms with van der Waals surface area (Å²) in [7, 11) is 3.06. The normalized spacial score (nSPS) is 14.9. The van der Waals surface area contributed by atoms with E-state index in [9.17, 15) is 14.4 Å². The molecule has 3 amide bonds. The molecule has 2 aromatic rings. The van der Waals surface area contributed by atoms with Gasteiger partial charge in [-0.2, -0.15) is 0 Å². The minimum atomic E-state index is -0.511. The second-order valence-corrected chi connectivity index (χ2v) is 7.77. The standard InChI is InChI=1S/C22H22N2O5S/c1-13-5-6-14(2)18(7-13)23-20(25)12-24-21(26)19(30-22(24)27)10-15-8-16(28-3)11-17(9-15)29-4/h5-11H,12H2,1-4H3,(H,23,25)/b19-10+. The fourth-order valence-electron chi connectivity index (χ4n) is 2.90. The third-order valence-electron chi connectivity index (χ3n) is 4.51. The lowest BCUT2D eigenvalue weighted by Crippen LogP contribution is -2.36. The molecule has 7 nitrogen and oxygen atoms in total. The lowest BCUT2D eigenvalue weighted by Gasteiger charge is -2.14. The van der Waals surface area contributed by atoms with Gasteiger partial charge in [-0.3, -0.25) is 19.3 Å². The molecule has 3 rings (SSSR count). The van der Waals surface area contributed by atoms with Gasteiger partial charge in [-0.25, -0.2) is 0 Å². The van der Waals surface area contributed by atoms with E-state index in [1.165, 1.54) is 14.2 Å². The fourth-order valence-corrected chi connectivity index (χ4v) is 3.74. The van der Waals surface area contributed by atoms with E-state index < -0.39 is 17.1 Å². The summed E-state index contributed by atoms with van der Waals surface area (Å²) >= 11 is 0.794. The first-order valence-electron chi connectivity index (χ1n) is 9.16. The summed E-state index contributed by atoms with van der Waals surface area (Å²) < 4.78 is 10.5. The number of aryl methyl sites for hydroxylation is 2. The molecule has 0 aromatic heterocycles. The maximum atomic E-state index is 12.7. The van der Waals surface area contributed by atoms with Gasteiger partial charge in [0.15, 0.2) is 0 Å². The van der Waals surface area contributed by atoms with E-state index in [1.807, 2.05) is 32.0 Å². The number of rotatable bonds is 6. The average Bonchev–Trinajstić information content (AvgIpc) is 2.97. The predicted molar refractivity (Wildman–Crippen MR) is 117 cm³/mol. The van der Waals surface area contributed by atoms with Crippen molar-refractivity contribution in [3.63, 3.8) is 0 Å². The van der Waals surface area contributed by atoms with Gasteiger partial charge in [0.1, 0.15) is 18.0 Å². The molecule has 2 aromatic carbocycles. The van der Waals surface area contributed by atoms with Gasteiger partial charge in [-0.1, -0.05) is 12.1 Å². The number of nitrogens with zero attached hydrogens (tertiary/aromatic N) is 1. The van der Waals surface area contributed by atoms with Crippen LogP contribution in [0, 0.1) is 13.8 Å². The number of benzene rings is 2. The number of methoxy groups -OCH3 is 2. The minimum absolute atomic E-state index is 0.231. The molecular weight excluding hydrogens is 404 g/mol. The Morgan fingerprint density at radius 2 is 1.73 bits per heavy atom. The van der Waals surface area contributed by atoms with E-state index in [0.717, 1.165) is 27.8 Å². The van der Waals surface area contributed by atoms with Crippen LogP contribution in [0.4, 0.5) is 10.5 Å². The number of imide groups is 1. The molecule has 1 aliphatic heterocycles. The van der Waals surface area contributed by atoms with Gasteiger partial charge in [0.05, 0.1) is 19.1 Å². The minimum Gasteiger partial charge on any atom is -0.497 e. The van der Waals surface area contributed by atoms with Gasteiger partial charge < -0.3 is 14.8 Å². The molecule has 1 aliphatic rings. The Balaban J connectivity index is 1.75. The fraction of sp³-hybridized carbons (Fsp3) is 0.227. The number of hydrogen-bond donors (Lipinski definition) is 1. The number of carbonyl (C=O) groups is 3. The molecule has 1 heterocycles. The van der Waals surface area contributed by atoms with Crippen molar-refractivity contribution in [2.24, 2.45) is 0 Å². The van der Waals surface area contributed by atoms with Crippen molar-refractivity contribution in [2.75, 3.05) is 26.1 Å². The van der Waals surface area contributed by atoms with Crippen LogP contribution in [0.5, 0.6) is 11.5 Å².